The van der Waals surface area contributed by atoms with Gasteiger partial charge in [-0.2, -0.15) is 0 Å². The highest BCUT2D eigenvalue weighted by Crippen LogP contribution is 2.15. The minimum atomic E-state index is -0.0281. The monoisotopic (exact) mass is 266 g/mol. The molecule has 1 aliphatic heterocycles. The van der Waals surface area contributed by atoms with Gasteiger partial charge in [0.05, 0.1) is 0 Å². The first-order valence-corrected chi connectivity index (χ1v) is 6.74. The van der Waals surface area contributed by atoms with E-state index in [9.17, 15) is 4.79 Å². The van der Waals surface area contributed by atoms with Crippen molar-refractivity contribution < 1.29 is 4.79 Å². The molecular formula is C14H19ClN2O. The first-order chi connectivity index (χ1) is 8.54. The maximum absolute atomic E-state index is 12.1. The fourth-order valence-electron chi connectivity index (χ4n) is 2.40. The first-order valence-electron chi connectivity index (χ1n) is 6.36. The molecule has 0 aliphatic carbocycles. The van der Waals surface area contributed by atoms with Gasteiger partial charge in [0.25, 0.3) is 5.91 Å². The third-order valence-corrected chi connectivity index (χ3v) is 3.48. The average Bonchev–Trinajstić information content (AvgIpc) is 2.27. The van der Waals surface area contributed by atoms with Gasteiger partial charge in [0, 0.05) is 22.7 Å². The lowest BCUT2D eigenvalue weighted by Crippen LogP contribution is -2.46. The number of hydrogen-bond acceptors (Lipinski definition) is 2. The van der Waals surface area contributed by atoms with E-state index in [0.29, 0.717) is 16.6 Å². The fraction of sp³-hybridized carbons (Fsp3) is 0.500. The Bertz CT molecular complexity index is 427. The Labute approximate surface area is 113 Å². The van der Waals surface area contributed by atoms with Crippen molar-refractivity contribution in [1.82, 2.24) is 10.6 Å². The lowest BCUT2D eigenvalue weighted by atomic mass is 10.00. The van der Waals surface area contributed by atoms with E-state index in [4.69, 9.17) is 11.6 Å². The minimum absolute atomic E-state index is 0.0281. The van der Waals surface area contributed by atoms with Gasteiger partial charge >= 0.3 is 0 Å². The van der Waals surface area contributed by atoms with E-state index in [0.717, 1.165) is 24.9 Å². The highest BCUT2D eigenvalue weighted by molar-refractivity contribution is 6.31. The van der Waals surface area contributed by atoms with Crippen LogP contribution in [0.3, 0.4) is 0 Å². The number of aryl methyl sites for hydroxylation is 1. The van der Waals surface area contributed by atoms with Crippen molar-refractivity contribution in [2.75, 3.05) is 6.54 Å². The Hall–Kier alpha value is -1.06. The maximum atomic E-state index is 12.1. The summed E-state index contributed by atoms with van der Waals surface area (Å²) in [4.78, 5) is 12.1. The highest BCUT2D eigenvalue weighted by Gasteiger charge is 2.20. The third-order valence-electron chi connectivity index (χ3n) is 3.26. The number of piperidine rings is 1. The molecule has 1 saturated heterocycles. The molecule has 0 aromatic heterocycles. The normalized spacial score (nSPS) is 23.7. The molecular weight excluding hydrogens is 248 g/mol. The molecule has 0 radical (unpaired) electrons. The Morgan fingerprint density at radius 3 is 2.89 bits per heavy atom. The molecule has 1 aliphatic rings. The molecule has 1 aromatic carbocycles. The van der Waals surface area contributed by atoms with Crippen LogP contribution in [0.4, 0.5) is 0 Å². The summed E-state index contributed by atoms with van der Waals surface area (Å²) in [5.74, 6) is -0.0281. The zero-order valence-corrected chi connectivity index (χ0v) is 11.6. The number of carbonyl (C=O) groups excluding carboxylic acids is 1. The summed E-state index contributed by atoms with van der Waals surface area (Å²) < 4.78 is 0. The topological polar surface area (TPSA) is 41.1 Å². The maximum Gasteiger partial charge on any atom is 0.251 e. The summed E-state index contributed by atoms with van der Waals surface area (Å²) in [6.07, 6.45) is 1.96. The summed E-state index contributed by atoms with van der Waals surface area (Å²) in [6.45, 7) is 5.04. The third kappa shape index (κ3) is 3.47. The second-order valence-electron chi connectivity index (χ2n) is 5.07. The minimum Gasteiger partial charge on any atom is -0.349 e. The van der Waals surface area contributed by atoms with Crippen LogP contribution in [-0.4, -0.2) is 24.5 Å². The van der Waals surface area contributed by atoms with Crippen LogP contribution < -0.4 is 10.6 Å². The van der Waals surface area contributed by atoms with Crippen molar-refractivity contribution in [3.05, 3.63) is 34.3 Å². The van der Waals surface area contributed by atoms with Crippen LogP contribution in [0.1, 0.15) is 35.7 Å². The van der Waals surface area contributed by atoms with Crippen LogP contribution in [0.25, 0.3) is 0 Å². The number of hydrogen-bond donors (Lipinski definition) is 2. The molecule has 3 nitrogen and oxygen atoms in total. The number of nitrogens with one attached hydrogen (secondary N) is 2. The molecule has 18 heavy (non-hydrogen) atoms. The molecule has 4 heteroatoms. The van der Waals surface area contributed by atoms with Gasteiger partial charge < -0.3 is 10.6 Å². The van der Waals surface area contributed by atoms with Gasteiger partial charge in [-0.3, -0.25) is 4.79 Å². The molecule has 1 amide bonds. The van der Waals surface area contributed by atoms with Gasteiger partial charge in [0.1, 0.15) is 0 Å². The zero-order chi connectivity index (χ0) is 13.1. The highest BCUT2D eigenvalue weighted by atomic mass is 35.5. The second kappa shape index (κ2) is 5.72. The summed E-state index contributed by atoms with van der Waals surface area (Å²) >= 11 is 5.97. The Kier molecular flexibility index (Phi) is 4.25. The van der Waals surface area contributed by atoms with Crippen molar-refractivity contribution in [3.8, 4) is 0 Å². The number of halogens is 1. The first kappa shape index (κ1) is 13.4. The van der Waals surface area contributed by atoms with Crippen LogP contribution in [0.2, 0.25) is 5.02 Å². The number of amides is 1. The van der Waals surface area contributed by atoms with Crippen molar-refractivity contribution in [2.45, 2.75) is 38.8 Å². The van der Waals surface area contributed by atoms with E-state index in [1.54, 1.807) is 6.07 Å². The fourth-order valence-corrected chi connectivity index (χ4v) is 2.69. The summed E-state index contributed by atoms with van der Waals surface area (Å²) in [7, 11) is 0. The van der Waals surface area contributed by atoms with E-state index >= 15 is 0 Å². The largest absolute Gasteiger partial charge is 0.349 e. The van der Waals surface area contributed by atoms with Crippen molar-refractivity contribution in [2.24, 2.45) is 0 Å². The van der Waals surface area contributed by atoms with Crippen molar-refractivity contribution >= 4 is 17.5 Å². The van der Waals surface area contributed by atoms with Gasteiger partial charge in [-0.1, -0.05) is 11.6 Å². The van der Waals surface area contributed by atoms with Crippen molar-refractivity contribution in [3.63, 3.8) is 0 Å². The quantitative estimate of drug-likeness (QED) is 0.864. The summed E-state index contributed by atoms with van der Waals surface area (Å²) in [5, 5.41) is 7.06. The van der Waals surface area contributed by atoms with Crippen LogP contribution in [-0.2, 0) is 0 Å². The van der Waals surface area contributed by atoms with Crippen LogP contribution >= 0.6 is 11.6 Å². The molecule has 0 bridgehead atoms. The van der Waals surface area contributed by atoms with E-state index in [1.165, 1.54) is 0 Å². The molecule has 1 fully saturated rings. The zero-order valence-electron chi connectivity index (χ0n) is 10.8. The Morgan fingerprint density at radius 1 is 1.44 bits per heavy atom. The number of carbonyl (C=O) groups is 1. The molecule has 0 spiro atoms. The van der Waals surface area contributed by atoms with E-state index in [2.05, 4.69) is 17.6 Å². The van der Waals surface area contributed by atoms with Gasteiger partial charge in [-0.05, 0) is 57.0 Å². The standard InChI is InChI=1S/C14H19ClN2O/c1-9-5-11(8-12(15)6-9)14(18)17-13-3-4-16-10(2)7-13/h5-6,8,10,13,16H,3-4,7H2,1-2H3,(H,17,18). The number of benzene rings is 1. The molecule has 2 N–H and O–H groups in total. The average molecular weight is 267 g/mol. The van der Waals surface area contributed by atoms with E-state index < -0.39 is 0 Å². The van der Waals surface area contributed by atoms with E-state index in [-0.39, 0.29) is 11.9 Å². The van der Waals surface area contributed by atoms with Gasteiger partial charge in [-0.15, -0.1) is 0 Å². The Balaban J connectivity index is 2.02. The van der Waals surface area contributed by atoms with Crippen LogP contribution in [0, 0.1) is 6.92 Å². The molecule has 2 unspecified atom stereocenters. The van der Waals surface area contributed by atoms with E-state index in [1.807, 2.05) is 19.1 Å². The molecule has 98 valence electrons. The van der Waals surface area contributed by atoms with Crippen molar-refractivity contribution in [1.29, 1.82) is 0 Å². The predicted molar refractivity (Wildman–Crippen MR) is 74.1 cm³/mol. The smallest absolute Gasteiger partial charge is 0.251 e. The second-order valence-corrected chi connectivity index (χ2v) is 5.50. The van der Waals surface area contributed by atoms with Gasteiger partial charge in [0.15, 0.2) is 0 Å². The van der Waals surface area contributed by atoms with Gasteiger partial charge in [-0.25, -0.2) is 0 Å². The molecule has 1 heterocycles. The Morgan fingerprint density at radius 2 is 2.22 bits per heavy atom. The SMILES string of the molecule is Cc1cc(Cl)cc(C(=O)NC2CCNC(C)C2)c1. The molecule has 1 aromatic rings. The van der Waals surface area contributed by atoms with Crippen LogP contribution in [0.5, 0.6) is 0 Å². The summed E-state index contributed by atoms with van der Waals surface area (Å²) in [5.41, 5.74) is 1.65. The number of rotatable bonds is 2. The molecule has 2 rings (SSSR count). The molecule has 0 saturated carbocycles. The lowest BCUT2D eigenvalue weighted by Gasteiger charge is -2.28. The predicted octanol–water partition coefficient (Wildman–Crippen LogP) is 2.52. The molecule has 2 atom stereocenters. The van der Waals surface area contributed by atoms with Gasteiger partial charge in [0.2, 0.25) is 0 Å². The summed E-state index contributed by atoms with van der Waals surface area (Å²) in [6, 6.07) is 6.16. The van der Waals surface area contributed by atoms with Crippen LogP contribution in [0.15, 0.2) is 18.2 Å². The lowest BCUT2D eigenvalue weighted by molar-refractivity contribution is 0.0925.